The highest BCUT2D eigenvalue weighted by molar-refractivity contribution is 7.22. The Morgan fingerprint density at radius 3 is 2.53 bits per heavy atom. The van der Waals surface area contributed by atoms with Crippen molar-refractivity contribution in [3.63, 3.8) is 0 Å². The van der Waals surface area contributed by atoms with Crippen molar-refractivity contribution in [2.45, 2.75) is 59.0 Å². The summed E-state index contributed by atoms with van der Waals surface area (Å²) in [6.45, 7) is 9.35. The van der Waals surface area contributed by atoms with E-state index in [4.69, 9.17) is 9.47 Å². The van der Waals surface area contributed by atoms with Gasteiger partial charge in [0.2, 0.25) is 0 Å². The van der Waals surface area contributed by atoms with Gasteiger partial charge in [0.05, 0.1) is 22.9 Å². The third-order valence-electron chi connectivity index (χ3n) is 4.55. The number of ether oxygens (including phenoxy) is 2. The molecule has 2 amide bonds. The maximum atomic E-state index is 13.1. The summed E-state index contributed by atoms with van der Waals surface area (Å²) >= 11 is 1.38. The molecule has 0 aliphatic carbocycles. The minimum Gasteiger partial charge on any atom is -0.444 e. The van der Waals surface area contributed by atoms with Crippen LogP contribution in [0.4, 0.5) is 9.93 Å². The normalized spacial score (nSPS) is 13.4. The van der Waals surface area contributed by atoms with E-state index in [0.29, 0.717) is 11.7 Å². The van der Waals surface area contributed by atoms with Crippen molar-refractivity contribution >= 4 is 38.7 Å². The molecule has 3 rings (SSSR count). The van der Waals surface area contributed by atoms with Gasteiger partial charge in [-0.3, -0.25) is 4.79 Å². The summed E-state index contributed by atoms with van der Waals surface area (Å²) in [7, 11) is 0. The molecule has 32 heavy (non-hydrogen) atoms. The van der Waals surface area contributed by atoms with Gasteiger partial charge in [0.25, 0.3) is 5.91 Å². The van der Waals surface area contributed by atoms with Crippen LogP contribution in [0.15, 0.2) is 48.5 Å². The van der Waals surface area contributed by atoms with Crippen LogP contribution in [0.25, 0.3) is 10.2 Å². The van der Waals surface area contributed by atoms with E-state index >= 15 is 0 Å². The molecule has 3 aromatic rings. The molecule has 1 heterocycles. The monoisotopic (exact) mass is 455 g/mol. The van der Waals surface area contributed by atoms with Gasteiger partial charge < -0.3 is 20.1 Å². The highest BCUT2D eigenvalue weighted by Gasteiger charge is 2.30. The maximum absolute atomic E-state index is 13.1. The zero-order valence-corrected chi connectivity index (χ0v) is 19.8. The van der Waals surface area contributed by atoms with Crippen LogP contribution in [0, 0.1) is 6.92 Å². The van der Waals surface area contributed by atoms with Gasteiger partial charge in [0.1, 0.15) is 11.6 Å². The zero-order chi connectivity index (χ0) is 23.3. The van der Waals surface area contributed by atoms with Crippen molar-refractivity contribution in [1.29, 1.82) is 0 Å². The van der Waals surface area contributed by atoms with Crippen molar-refractivity contribution < 1.29 is 19.1 Å². The minimum absolute atomic E-state index is 0.308. The number of fused-ring (bicyclic) bond motifs is 1. The molecule has 2 atom stereocenters. The molecule has 8 heteroatoms. The molecule has 1 aromatic heterocycles. The Bertz CT molecular complexity index is 1080. The minimum atomic E-state index is -0.970. The average Bonchev–Trinajstić information content (AvgIpc) is 3.10. The highest BCUT2D eigenvalue weighted by atomic mass is 32.1. The smallest absolute Gasteiger partial charge is 0.408 e. The van der Waals surface area contributed by atoms with Crippen LogP contribution in [0.2, 0.25) is 0 Å². The first-order valence-electron chi connectivity index (χ1n) is 10.4. The van der Waals surface area contributed by atoms with Gasteiger partial charge in [-0.25, -0.2) is 9.78 Å². The molecule has 0 radical (unpaired) electrons. The van der Waals surface area contributed by atoms with E-state index in [2.05, 4.69) is 15.6 Å². The number of rotatable bonds is 7. The van der Waals surface area contributed by atoms with Gasteiger partial charge in [0, 0.05) is 0 Å². The van der Waals surface area contributed by atoms with E-state index < -0.39 is 29.7 Å². The van der Waals surface area contributed by atoms with Gasteiger partial charge in [0.15, 0.2) is 5.13 Å². The van der Waals surface area contributed by atoms with Crippen LogP contribution in [-0.4, -0.2) is 34.7 Å². The number of anilines is 1. The molecule has 0 unspecified atom stereocenters. The number of hydrogen-bond donors (Lipinski definition) is 2. The number of hydrogen-bond acceptors (Lipinski definition) is 6. The van der Waals surface area contributed by atoms with E-state index in [-0.39, 0.29) is 0 Å². The lowest BCUT2D eigenvalue weighted by atomic mass is 10.1. The molecular weight excluding hydrogens is 426 g/mol. The Hall–Kier alpha value is -2.97. The lowest BCUT2D eigenvalue weighted by molar-refractivity contribution is -0.122. The summed E-state index contributed by atoms with van der Waals surface area (Å²) in [6, 6.07) is 14.6. The number of nitrogens with one attached hydrogen (secondary N) is 2. The fourth-order valence-electron chi connectivity index (χ4n) is 3.00. The zero-order valence-electron chi connectivity index (χ0n) is 19.0. The largest absolute Gasteiger partial charge is 0.444 e. The predicted octanol–water partition coefficient (Wildman–Crippen LogP) is 5.04. The number of aryl methyl sites for hydroxylation is 1. The van der Waals surface area contributed by atoms with E-state index in [1.54, 1.807) is 27.7 Å². The second kappa shape index (κ2) is 10.1. The van der Waals surface area contributed by atoms with Crippen LogP contribution < -0.4 is 10.6 Å². The van der Waals surface area contributed by atoms with Gasteiger partial charge in [-0.15, -0.1) is 0 Å². The first-order valence-corrected chi connectivity index (χ1v) is 11.3. The van der Waals surface area contributed by atoms with Crippen LogP contribution in [0.1, 0.15) is 38.8 Å². The Morgan fingerprint density at radius 2 is 1.84 bits per heavy atom. The van der Waals surface area contributed by atoms with Crippen molar-refractivity contribution in [2.24, 2.45) is 0 Å². The summed E-state index contributed by atoms with van der Waals surface area (Å²) in [5.74, 6) is -0.424. The summed E-state index contributed by atoms with van der Waals surface area (Å²) in [4.78, 5) is 30.0. The molecule has 2 N–H and O–H groups in total. The molecule has 0 bridgehead atoms. The Labute approximate surface area is 192 Å². The average molecular weight is 456 g/mol. The molecular formula is C24H29N3O4S. The van der Waals surface area contributed by atoms with E-state index in [1.165, 1.54) is 11.3 Å². The third-order valence-corrected chi connectivity index (χ3v) is 5.49. The summed E-state index contributed by atoms with van der Waals surface area (Å²) in [5, 5.41) is 5.93. The van der Waals surface area contributed by atoms with Crippen molar-refractivity contribution in [3.05, 3.63) is 59.7 Å². The Kier molecular flexibility index (Phi) is 7.48. The maximum Gasteiger partial charge on any atom is 0.408 e. The second-order valence-electron chi connectivity index (χ2n) is 8.61. The van der Waals surface area contributed by atoms with Crippen molar-refractivity contribution in [1.82, 2.24) is 10.3 Å². The fourth-order valence-corrected chi connectivity index (χ4v) is 3.96. The van der Waals surface area contributed by atoms with Gasteiger partial charge in [-0.2, -0.15) is 0 Å². The molecule has 7 nitrogen and oxygen atoms in total. The summed E-state index contributed by atoms with van der Waals surface area (Å²) in [5.41, 5.74) is 2.20. The number of nitrogens with zero attached hydrogens (tertiary/aromatic N) is 1. The summed E-state index contributed by atoms with van der Waals surface area (Å²) < 4.78 is 12.2. The number of thiazole rings is 1. The number of aromatic nitrogens is 1. The molecule has 0 aliphatic rings. The SMILES string of the molecule is Cc1ccc2nc(NC(=O)[C@@H](NC(=O)OC(C)(C)C)[C@@H](C)OCc3ccccc3)sc2c1. The fraction of sp³-hybridized carbons (Fsp3) is 0.375. The number of amides is 2. The lowest BCUT2D eigenvalue weighted by Crippen LogP contribution is -2.52. The van der Waals surface area contributed by atoms with Crippen molar-refractivity contribution in [3.8, 4) is 0 Å². The lowest BCUT2D eigenvalue weighted by Gasteiger charge is -2.26. The molecule has 0 fully saturated rings. The second-order valence-corrected chi connectivity index (χ2v) is 9.64. The first kappa shape index (κ1) is 23.7. The number of alkyl carbamates (subject to hydrolysis) is 1. The van der Waals surface area contributed by atoms with Gasteiger partial charge >= 0.3 is 6.09 Å². The molecule has 0 spiro atoms. The first-order chi connectivity index (χ1) is 15.1. The van der Waals surface area contributed by atoms with Crippen LogP contribution >= 0.6 is 11.3 Å². The number of carbonyl (C=O) groups excluding carboxylic acids is 2. The third kappa shape index (κ3) is 6.77. The molecule has 170 valence electrons. The van der Waals surface area contributed by atoms with Crippen LogP contribution in [-0.2, 0) is 20.9 Å². The van der Waals surface area contributed by atoms with Crippen LogP contribution in [0.5, 0.6) is 0 Å². The van der Waals surface area contributed by atoms with Gasteiger partial charge in [-0.1, -0.05) is 47.7 Å². The molecule has 0 aliphatic heterocycles. The molecule has 0 saturated carbocycles. The van der Waals surface area contributed by atoms with Crippen LogP contribution in [0.3, 0.4) is 0 Å². The Morgan fingerprint density at radius 1 is 1.12 bits per heavy atom. The quantitative estimate of drug-likeness (QED) is 0.521. The van der Waals surface area contributed by atoms with E-state index in [1.807, 2.05) is 55.5 Å². The Balaban J connectivity index is 1.74. The topological polar surface area (TPSA) is 89.6 Å². The summed E-state index contributed by atoms with van der Waals surface area (Å²) in [6.07, 6.45) is -1.30. The number of benzene rings is 2. The van der Waals surface area contributed by atoms with E-state index in [0.717, 1.165) is 21.3 Å². The van der Waals surface area contributed by atoms with Gasteiger partial charge in [-0.05, 0) is 57.9 Å². The standard InChI is InChI=1S/C24H29N3O4S/c1-15-11-12-18-19(13-15)32-22(25-18)27-21(28)20(26-23(29)31-24(3,4)5)16(2)30-14-17-9-7-6-8-10-17/h6-13,16,20H,14H2,1-5H3,(H,26,29)(H,25,27,28)/t16-,20+/m1/s1. The molecule has 0 saturated heterocycles. The molecule has 2 aromatic carbocycles. The highest BCUT2D eigenvalue weighted by Crippen LogP contribution is 2.27. The predicted molar refractivity (Wildman–Crippen MR) is 127 cm³/mol. The van der Waals surface area contributed by atoms with E-state index in [9.17, 15) is 9.59 Å². The van der Waals surface area contributed by atoms with Crippen molar-refractivity contribution in [2.75, 3.05) is 5.32 Å². The number of carbonyl (C=O) groups is 2.